The lowest BCUT2D eigenvalue weighted by molar-refractivity contribution is 0.924. The van der Waals surface area contributed by atoms with Gasteiger partial charge in [-0.2, -0.15) is 0 Å². The maximum absolute atomic E-state index is 2.31. The predicted molar refractivity (Wildman–Crippen MR) is 72.9 cm³/mol. The van der Waals surface area contributed by atoms with Gasteiger partial charge in [0.15, 0.2) is 0 Å². The Bertz CT molecular complexity index is 273. The first-order chi connectivity index (χ1) is 7.29. The molecule has 1 aliphatic heterocycles. The molecule has 2 rings (SSSR count). The summed E-state index contributed by atoms with van der Waals surface area (Å²) in [4.78, 5) is 3.71. The Morgan fingerprint density at radius 3 is 2.13 bits per heavy atom. The van der Waals surface area contributed by atoms with Crippen LogP contribution < -0.4 is 4.90 Å². The summed E-state index contributed by atoms with van der Waals surface area (Å²) in [5.74, 6) is 0. The highest BCUT2D eigenvalue weighted by Gasteiger charge is 2.21. The molecule has 0 fully saturated rings. The largest absolute Gasteiger partial charge is 0.362 e. The number of hydrogen-bond acceptors (Lipinski definition) is 2. The molecule has 0 bridgehead atoms. The predicted octanol–water partition coefficient (Wildman–Crippen LogP) is 4.63. The van der Waals surface area contributed by atoms with Crippen molar-refractivity contribution < 1.29 is 0 Å². The Kier molecular flexibility index (Phi) is 7.31. The van der Waals surface area contributed by atoms with Crippen LogP contribution in [0.2, 0.25) is 0 Å². The van der Waals surface area contributed by atoms with Crippen molar-refractivity contribution in [3.8, 4) is 0 Å². The van der Waals surface area contributed by atoms with E-state index in [2.05, 4.69) is 43.1 Å². The first kappa shape index (κ1) is 14.4. The van der Waals surface area contributed by atoms with Crippen LogP contribution in [0, 0.1) is 0 Å². The van der Waals surface area contributed by atoms with E-state index >= 15 is 0 Å². The van der Waals surface area contributed by atoms with E-state index in [0.717, 1.165) is 0 Å². The molecule has 0 spiro atoms. The van der Waals surface area contributed by atoms with E-state index in [1.54, 1.807) is 0 Å². The van der Waals surface area contributed by atoms with Gasteiger partial charge in [-0.05, 0) is 19.1 Å². The molecule has 1 atom stereocenters. The van der Waals surface area contributed by atoms with E-state index in [-0.39, 0.29) is 0 Å². The lowest BCUT2D eigenvalue weighted by Gasteiger charge is -2.16. The summed E-state index contributed by atoms with van der Waals surface area (Å²) in [5.41, 5.74) is 1.37. The molecule has 1 aromatic rings. The molecule has 0 amide bonds. The first-order valence-electron chi connectivity index (χ1n) is 5.77. The minimum absolute atomic E-state index is 0.590. The van der Waals surface area contributed by atoms with Crippen molar-refractivity contribution in [2.75, 3.05) is 11.9 Å². The second-order valence-corrected chi connectivity index (χ2v) is 4.15. The highest BCUT2D eigenvalue weighted by atomic mass is 32.2. The fourth-order valence-electron chi connectivity index (χ4n) is 1.31. The highest BCUT2D eigenvalue weighted by molar-refractivity contribution is 8.00. The summed E-state index contributed by atoms with van der Waals surface area (Å²) in [6.45, 7) is 10.2. The summed E-state index contributed by atoms with van der Waals surface area (Å²) in [6, 6.07) is 8.54. The van der Waals surface area contributed by atoms with Crippen molar-refractivity contribution in [1.82, 2.24) is 0 Å². The van der Waals surface area contributed by atoms with E-state index in [1.165, 1.54) is 10.6 Å². The van der Waals surface area contributed by atoms with Gasteiger partial charge < -0.3 is 4.90 Å². The number of rotatable bonds is 0. The third-order valence-electron chi connectivity index (χ3n) is 2.09. The van der Waals surface area contributed by atoms with E-state index in [1.807, 2.05) is 39.5 Å². The molecule has 15 heavy (non-hydrogen) atoms. The average molecular weight is 225 g/mol. The molecule has 1 unspecified atom stereocenters. The van der Waals surface area contributed by atoms with Gasteiger partial charge in [0.1, 0.15) is 0 Å². The van der Waals surface area contributed by atoms with Crippen molar-refractivity contribution in [2.24, 2.45) is 0 Å². The van der Waals surface area contributed by atoms with Gasteiger partial charge in [-0.3, -0.25) is 0 Å². The molecule has 0 radical (unpaired) electrons. The Morgan fingerprint density at radius 2 is 1.60 bits per heavy atom. The summed E-state index contributed by atoms with van der Waals surface area (Å²) < 4.78 is 0. The number of fused-ring (bicyclic) bond motifs is 1. The van der Waals surface area contributed by atoms with Crippen LogP contribution in [0.15, 0.2) is 29.2 Å². The van der Waals surface area contributed by atoms with Crippen LogP contribution in [0.1, 0.15) is 34.6 Å². The second-order valence-electron chi connectivity index (χ2n) is 2.80. The van der Waals surface area contributed by atoms with Crippen LogP contribution in [-0.4, -0.2) is 12.4 Å². The molecule has 1 nitrogen and oxygen atoms in total. The molecular weight excluding hydrogens is 202 g/mol. The fourth-order valence-corrected chi connectivity index (χ4v) is 2.44. The first-order valence-corrected chi connectivity index (χ1v) is 6.65. The van der Waals surface area contributed by atoms with Crippen molar-refractivity contribution in [1.29, 1.82) is 0 Å². The number of benzene rings is 1. The lowest BCUT2D eigenvalue weighted by Crippen LogP contribution is -2.20. The number of para-hydroxylation sites is 1. The minimum Gasteiger partial charge on any atom is -0.362 e. The van der Waals surface area contributed by atoms with Crippen molar-refractivity contribution in [3.05, 3.63) is 24.3 Å². The third-order valence-corrected chi connectivity index (χ3v) is 3.34. The van der Waals surface area contributed by atoms with E-state index in [9.17, 15) is 0 Å². The zero-order chi connectivity index (χ0) is 11.8. The van der Waals surface area contributed by atoms with Gasteiger partial charge >= 0.3 is 0 Å². The lowest BCUT2D eigenvalue weighted by atomic mass is 10.3. The van der Waals surface area contributed by atoms with E-state index < -0.39 is 0 Å². The van der Waals surface area contributed by atoms with Crippen LogP contribution in [0.4, 0.5) is 5.69 Å². The van der Waals surface area contributed by atoms with Crippen LogP contribution >= 0.6 is 11.8 Å². The van der Waals surface area contributed by atoms with Gasteiger partial charge in [0, 0.05) is 11.9 Å². The molecule has 1 aliphatic rings. The van der Waals surface area contributed by atoms with Crippen molar-refractivity contribution in [3.63, 3.8) is 0 Å². The Morgan fingerprint density at radius 1 is 1.07 bits per heavy atom. The average Bonchev–Trinajstić information content (AvgIpc) is 2.61. The fraction of sp³-hybridized carbons (Fsp3) is 0.538. The zero-order valence-electron chi connectivity index (χ0n) is 10.7. The normalized spacial score (nSPS) is 16.9. The smallest absolute Gasteiger partial charge is 0.0766 e. The van der Waals surface area contributed by atoms with Crippen LogP contribution in [0.3, 0.4) is 0 Å². The minimum atomic E-state index is 0.590. The van der Waals surface area contributed by atoms with E-state index in [4.69, 9.17) is 0 Å². The molecule has 0 saturated heterocycles. The van der Waals surface area contributed by atoms with Gasteiger partial charge in [0.25, 0.3) is 0 Å². The SMILES string of the molecule is CC.CC.CC1Sc2ccccc2N1C. The monoisotopic (exact) mass is 225 g/mol. The summed E-state index contributed by atoms with van der Waals surface area (Å²) >= 11 is 1.93. The van der Waals surface area contributed by atoms with Gasteiger partial charge in [0.2, 0.25) is 0 Å². The molecule has 0 saturated carbocycles. The quantitative estimate of drug-likeness (QED) is 0.633. The van der Waals surface area contributed by atoms with Crippen LogP contribution in [-0.2, 0) is 0 Å². The summed E-state index contributed by atoms with van der Waals surface area (Å²) in [7, 11) is 2.14. The second kappa shape index (κ2) is 7.63. The van der Waals surface area contributed by atoms with Gasteiger partial charge in [-0.15, -0.1) is 0 Å². The molecule has 0 aromatic heterocycles. The van der Waals surface area contributed by atoms with Gasteiger partial charge in [-0.25, -0.2) is 0 Å². The Balaban J connectivity index is 0.000000442. The molecule has 0 N–H and O–H groups in total. The highest BCUT2D eigenvalue weighted by Crippen LogP contribution is 2.41. The third kappa shape index (κ3) is 3.45. The Labute approximate surface area is 98.9 Å². The maximum Gasteiger partial charge on any atom is 0.0766 e. The number of nitrogens with zero attached hydrogens (tertiary/aromatic N) is 1. The topological polar surface area (TPSA) is 3.24 Å². The van der Waals surface area contributed by atoms with E-state index in [0.29, 0.717) is 5.37 Å². The molecular formula is C13H23NS. The van der Waals surface area contributed by atoms with Crippen molar-refractivity contribution in [2.45, 2.75) is 44.9 Å². The molecule has 2 heteroatoms. The maximum atomic E-state index is 2.31. The summed E-state index contributed by atoms with van der Waals surface area (Å²) in [5, 5.41) is 0.590. The molecule has 86 valence electrons. The number of thioether (sulfide) groups is 1. The molecule has 1 heterocycles. The number of hydrogen-bond donors (Lipinski definition) is 0. The Hall–Kier alpha value is -0.630. The van der Waals surface area contributed by atoms with Gasteiger partial charge in [0.05, 0.1) is 11.1 Å². The standard InChI is InChI=1S/C9H11NS.2C2H6/c1-7-10(2)8-5-3-4-6-9(8)11-7;2*1-2/h3-7H,1-2H3;2*1-2H3. The van der Waals surface area contributed by atoms with Crippen molar-refractivity contribution >= 4 is 17.4 Å². The van der Waals surface area contributed by atoms with Crippen LogP contribution in [0.5, 0.6) is 0 Å². The molecule has 0 aliphatic carbocycles. The number of anilines is 1. The molecule has 1 aromatic carbocycles. The summed E-state index contributed by atoms with van der Waals surface area (Å²) in [6.07, 6.45) is 0. The van der Waals surface area contributed by atoms with Gasteiger partial charge in [-0.1, -0.05) is 51.6 Å². The zero-order valence-corrected chi connectivity index (χ0v) is 11.6. The van der Waals surface area contributed by atoms with Crippen LogP contribution in [0.25, 0.3) is 0 Å².